The maximum Gasteiger partial charge on any atom is 0.231 e. The number of azo groups is 1. The number of nitrogens with zero attached hydrogens (tertiary/aromatic N) is 3. The molecule has 0 radical (unpaired) electrons. The van der Waals surface area contributed by atoms with Crippen LogP contribution in [-0.2, 0) is 0 Å². The van der Waals surface area contributed by atoms with Crippen LogP contribution < -0.4 is 4.74 Å². The molecule has 35 heavy (non-hydrogen) atoms. The standard InChI is InChI=1S/C29H40ClN3OS/c1-2-3-4-5-6-7-8-9-10-11-12-13-14-15-22-34-26-19-17-25(18-20-26)32-33-29-31-27-21-16-24(30)23-28(27)35-29/h16-21,23H,2-15,22H2,1H3. The summed E-state index contributed by atoms with van der Waals surface area (Å²) in [5.74, 6) is 0.883. The highest BCUT2D eigenvalue weighted by Crippen LogP contribution is 2.31. The molecule has 0 unspecified atom stereocenters. The molecule has 3 aromatic rings. The van der Waals surface area contributed by atoms with Crippen LogP contribution in [0.2, 0.25) is 5.02 Å². The van der Waals surface area contributed by atoms with Crippen LogP contribution in [0.25, 0.3) is 10.2 Å². The van der Waals surface area contributed by atoms with E-state index in [1.165, 1.54) is 94.8 Å². The molecular weight excluding hydrogens is 474 g/mol. The Hall–Kier alpha value is -1.98. The highest BCUT2D eigenvalue weighted by molar-refractivity contribution is 7.21. The molecule has 0 saturated carbocycles. The van der Waals surface area contributed by atoms with E-state index >= 15 is 0 Å². The Morgan fingerprint density at radius 2 is 1.34 bits per heavy atom. The first-order chi connectivity index (χ1) is 17.2. The first-order valence-corrected chi connectivity index (χ1v) is 14.6. The molecule has 1 heterocycles. The van der Waals surface area contributed by atoms with E-state index in [0.29, 0.717) is 10.2 Å². The number of halogens is 1. The minimum atomic E-state index is 0.625. The number of aromatic nitrogens is 1. The molecule has 0 aliphatic carbocycles. The van der Waals surface area contributed by atoms with Gasteiger partial charge in [0.25, 0.3) is 0 Å². The summed E-state index contributed by atoms with van der Waals surface area (Å²) in [4.78, 5) is 4.47. The fourth-order valence-corrected chi connectivity index (χ4v) is 5.19. The lowest BCUT2D eigenvalue weighted by molar-refractivity contribution is 0.304. The zero-order valence-electron chi connectivity index (χ0n) is 21.2. The van der Waals surface area contributed by atoms with Crippen molar-refractivity contribution in [3.63, 3.8) is 0 Å². The molecule has 1 aromatic heterocycles. The minimum absolute atomic E-state index is 0.625. The van der Waals surface area contributed by atoms with Gasteiger partial charge in [-0.25, -0.2) is 4.98 Å². The maximum absolute atomic E-state index is 6.04. The Morgan fingerprint density at radius 3 is 1.97 bits per heavy atom. The van der Waals surface area contributed by atoms with Gasteiger partial charge >= 0.3 is 0 Å². The first kappa shape index (κ1) is 27.6. The van der Waals surface area contributed by atoms with Crippen LogP contribution in [0.1, 0.15) is 96.8 Å². The lowest BCUT2D eigenvalue weighted by atomic mass is 10.0. The number of benzene rings is 2. The second-order valence-corrected chi connectivity index (χ2v) is 10.7. The minimum Gasteiger partial charge on any atom is -0.494 e. The third kappa shape index (κ3) is 11.1. The van der Waals surface area contributed by atoms with Gasteiger partial charge in [-0.1, -0.05) is 113 Å². The summed E-state index contributed by atoms with van der Waals surface area (Å²) >= 11 is 7.52. The van der Waals surface area contributed by atoms with Gasteiger partial charge in [0, 0.05) is 5.02 Å². The Balaban J connectivity index is 1.20. The number of rotatable bonds is 18. The van der Waals surface area contributed by atoms with Crippen molar-refractivity contribution in [3.05, 3.63) is 47.5 Å². The van der Waals surface area contributed by atoms with Crippen molar-refractivity contribution in [3.8, 4) is 5.75 Å². The van der Waals surface area contributed by atoms with Gasteiger partial charge in [-0.15, -0.1) is 10.2 Å². The van der Waals surface area contributed by atoms with E-state index < -0.39 is 0 Å². The van der Waals surface area contributed by atoms with Crippen LogP contribution in [-0.4, -0.2) is 11.6 Å². The van der Waals surface area contributed by atoms with Crippen molar-refractivity contribution in [2.75, 3.05) is 6.61 Å². The summed E-state index contributed by atoms with van der Waals surface area (Å²) in [7, 11) is 0. The molecule has 190 valence electrons. The second kappa shape index (κ2) is 16.6. The molecule has 0 aliphatic rings. The van der Waals surface area contributed by atoms with E-state index in [4.69, 9.17) is 16.3 Å². The van der Waals surface area contributed by atoms with Crippen LogP contribution in [0, 0.1) is 0 Å². The number of unbranched alkanes of at least 4 members (excludes halogenated alkanes) is 13. The lowest BCUT2D eigenvalue weighted by Gasteiger charge is -2.06. The maximum atomic E-state index is 6.04. The zero-order valence-corrected chi connectivity index (χ0v) is 22.8. The van der Waals surface area contributed by atoms with Gasteiger partial charge in [0.2, 0.25) is 5.13 Å². The van der Waals surface area contributed by atoms with Gasteiger partial charge in [0.1, 0.15) is 5.75 Å². The smallest absolute Gasteiger partial charge is 0.231 e. The molecule has 0 bridgehead atoms. The normalized spacial score (nSPS) is 11.6. The van der Waals surface area contributed by atoms with Gasteiger partial charge in [-0.05, 0) is 48.9 Å². The Kier molecular flexibility index (Phi) is 13.1. The monoisotopic (exact) mass is 513 g/mol. The molecule has 6 heteroatoms. The molecule has 0 saturated heterocycles. The third-order valence-corrected chi connectivity index (χ3v) is 7.33. The molecule has 4 nitrogen and oxygen atoms in total. The summed E-state index contributed by atoms with van der Waals surface area (Å²) in [5.41, 5.74) is 1.67. The average molecular weight is 514 g/mol. The number of thiazole rings is 1. The van der Waals surface area contributed by atoms with Crippen molar-refractivity contribution in [1.29, 1.82) is 0 Å². The number of ether oxygens (including phenoxy) is 1. The van der Waals surface area contributed by atoms with E-state index in [1.54, 1.807) is 0 Å². The van der Waals surface area contributed by atoms with Crippen molar-refractivity contribution in [2.24, 2.45) is 10.2 Å². The van der Waals surface area contributed by atoms with Crippen molar-refractivity contribution in [2.45, 2.75) is 96.8 Å². The van der Waals surface area contributed by atoms with Gasteiger partial charge in [-0.3, -0.25) is 0 Å². The van der Waals surface area contributed by atoms with E-state index in [-0.39, 0.29) is 0 Å². The van der Waals surface area contributed by atoms with Crippen molar-refractivity contribution in [1.82, 2.24) is 4.98 Å². The van der Waals surface area contributed by atoms with Crippen LogP contribution >= 0.6 is 22.9 Å². The fourth-order valence-electron chi connectivity index (χ4n) is 4.13. The SMILES string of the molecule is CCCCCCCCCCCCCCCCOc1ccc(N=Nc2nc3ccc(Cl)cc3s2)cc1. The molecule has 0 atom stereocenters. The molecule has 3 rings (SSSR count). The molecule has 0 aliphatic heterocycles. The number of fused-ring (bicyclic) bond motifs is 1. The van der Waals surface area contributed by atoms with Crippen molar-refractivity contribution >= 4 is 44.0 Å². The van der Waals surface area contributed by atoms with E-state index in [2.05, 4.69) is 22.1 Å². The zero-order chi connectivity index (χ0) is 24.6. The third-order valence-electron chi connectivity index (χ3n) is 6.19. The van der Waals surface area contributed by atoms with Gasteiger partial charge < -0.3 is 4.74 Å². The summed E-state index contributed by atoms with van der Waals surface area (Å²) in [6.07, 6.45) is 19.2. The van der Waals surface area contributed by atoms with Crippen molar-refractivity contribution < 1.29 is 4.74 Å². The molecule has 0 N–H and O–H groups in total. The largest absolute Gasteiger partial charge is 0.494 e. The van der Waals surface area contributed by atoms with E-state index in [9.17, 15) is 0 Å². The second-order valence-electron chi connectivity index (χ2n) is 9.25. The molecule has 0 amide bonds. The quantitative estimate of drug-likeness (QED) is 0.125. The van der Waals surface area contributed by atoms with E-state index in [1.807, 2.05) is 42.5 Å². The predicted octanol–water partition coefficient (Wildman–Crippen LogP) is 11.2. The van der Waals surface area contributed by atoms with Crippen LogP contribution in [0.5, 0.6) is 5.75 Å². The summed E-state index contributed by atoms with van der Waals surface area (Å²) in [5, 5.41) is 9.89. The first-order valence-electron chi connectivity index (χ1n) is 13.5. The van der Waals surface area contributed by atoms with Gasteiger partial charge in [-0.2, -0.15) is 0 Å². The topological polar surface area (TPSA) is 46.8 Å². The highest BCUT2D eigenvalue weighted by Gasteiger charge is 2.03. The average Bonchev–Trinajstić information content (AvgIpc) is 3.28. The van der Waals surface area contributed by atoms with Gasteiger partial charge in [0.05, 0.1) is 22.5 Å². The van der Waals surface area contributed by atoms with Crippen LogP contribution in [0.4, 0.5) is 10.8 Å². The highest BCUT2D eigenvalue weighted by atomic mass is 35.5. The van der Waals surface area contributed by atoms with E-state index in [0.717, 1.165) is 34.7 Å². The summed E-state index contributed by atoms with van der Waals surface area (Å²) < 4.78 is 6.90. The Labute approximate surface area is 220 Å². The Bertz CT molecular complexity index is 1000. The Morgan fingerprint density at radius 1 is 0.743 bits per heavy atom. The van der Waals surface area contributed by atoms with Crippen LogP contribution in [0.3, 0.4) is 0 Å². The van der Waals surface area contributed by atoms with Crippen LogP contribution in [0.15, 0.2) is 52.7 Å². The molecule has 2 aromatic carbocycles. The molecular formula is C29H40ClN3OS. The molecule has 0 spiro atoms. The molecule has 0 fully saturated rings. The summed E-state index contributed by atoms with van der Waals surface area (Å²) in [6, 6.07) is 13.4. The predicted molar refractivity (Wildman–Crippen MR) is 151 cm³/mol. The summed E-state index contributed by atoms with van der Waals surface area (Å²) in [6.45, 7) is 3.05. The number of hydrogen-bond acceptors (Lipinski definition) is 5. The number of hydrogen-bond donors (Lipinski definition) is 0. The lowest BCUT2D eigenvalue weighted by Crippen LogP contribution is -1.96. The van der Waals surface area contributed by atoms with Gasteiger partial charge in [0.15, 0.2) is 0 Å². The fraction of sp³-hybridized carbons (Fsp3) is 0.552.